The van der Waals surface area contributed by atoms with E-state index in [1.165, 1.54) is 39.5 Å². The highest BCUT2D eigenvalue weighted by Crippen LogP contribution is 2.41. The predicted molar refractivity (Wildman–Crippen MR) is 98.3 cm³/mol. The molecule has 2 unspecified atom stereocenters. The maximum absolute atomic E-state index is 6.11. The third-order valence-electron chi connectivity index (χ3n) is 4.81. The molecule has 2 atom stereocenters. The Morgan fingerprint density at radius 1 is 1.23 bits per heavy atom. The van der Waals surface area contributed by atoms with Gasteiger partial charge in [-0.1, -0.05) is 38.8 Å². The number of hydrogen-bond acceptors (Lipinski definition) is 1. The molecule has 0 amide bonds. The summed E-state index contributed by atoms with van der Waals surface area (Å²) in [5.74, 6) is 0.530. The Morgan fingerprint density at radius 2 is 2.09 bits per heavy atom. The molecule has 2 nitrogen and oxygen atoms in total. The van der Waals surface area contributed by atoms with Crippen molar-refractivity contribution < 1.29 is 4.74 Å². The van der Waals surface area contributed by atoms with Crippen LogP contribution in [0.3, 0.4) is 0 Å². The van der Waals surface area contributed by atoms with Gasteiger partial charge < -0.3 is 9.30 Å². The van der Waals surface area contributed by atoms with E-state index in [0.29, 0.717) is 5.92 Å². The van der Waals surface area contributed by atoms with Crippen molar-refractivity contribution in [1.82, 2.24) is 4.57 Å². The van der Waals surface area contributed by atoms with Crippen LogP contribution in [-0.2, 0) is 11.2 Å². The van der Waals surface area contributed by atoms with Crippen LogP contribution in [0.2, 0.25) is 0 Å². The van der Waals surface area contributed by atoms with Crippen molar-refractivity contribution in [1.29, 1.82) is 0 Å². The van der Waals surface area contributed by atoms with Gasteiger partial charge in [0.25, 0.3) is 0 Å². The van der Waals surface area contributed by atoms with Gasteiger partial charge in [0.05, 0.1) is 5.52 Å². The summed E-state index contributed by atoms with van der Waals surface area (Å²) in [6, 6.07) is 6.59. The molecule has 1 aliphatic carbocycles. The Morgan fingerprint density at radius 3 is 2.86 bits per heavy atom. The summed E-state index contributed by atoms with van der Waals surface area (Å²) in [5.41, 5.74) is 4.08. The van der Waals surface area contributed by atoms with E-state index in [9.17, 15) is 0 Å². The fraction of sp³-hybridized carbons (Fsp3) is 0.444. The standard InChI is InChI=1S/C18H19Br2NO/c1-11-8-17-14(10-15(11)20)13-9-12(19)5-6-16(13)21(17)18-4-2-3-7-22-18/h5-6,9-11,18H,2-4,7-8H2,1H3. The maximum atomic E-state index is 6.11. The first-order valence-electron chi connectivity index (χ1n) is 7.96. The second kappa shape index (κ2) is 5.81. The summed E-state index contributed by atoms with van der Waals surface area (Å²) in [5, 5.41) is 1.32. The van der Waals surface area contributed by atoms with Crippen LogP contribution in [0.15, 0.2) is 27.2 Å². The van der Waals surface area contributed by atoms with E-state index in [2.05, 4.69) is 67.6 Å². The summed E-state index contributed by atoms with van der Waals surface area (Å²) in [6.45, 7) is 3.16. The van der Waals surface area contributed by atoms with Crippen LogP contribution in [0.25, 0.3) is 17.0 Å². The van der Waals surface area contributed by atoms with Crippen molar-refractivity contribution in [2.45, 2.75) is 38.8 Å². The monoisotopic (exact) mass is 423 g/mol. The van der Waals surface area contributed by atoms with Crippen LogP contribution in [0.5, 0.6) is 0 Å². The fourth-order valence-corrected chi connectivity index (χ4v) is 4.41. The van der Waals surface area contributed by atoms with Crippen molar-refractivity contribution >= 4 is 48.8 Å². The number of allylic oxidation sites excluding steroid dienone is 1. The van der Waals surface area contributed by atoms with Crippen molar-refractivity contribution in [3.63, 3.8) is 0 Å². The second-order valence-electron chi connectivity index (χ2n) is 6.35. The Bertz CT molecular complexity index is 756. The largest absolute Gasteiger partial charge is 0.358 e. The number of nitrogens with zero attached hydrogens (tertiary/aromatic N) is 1. The van der Waals surface area contributed by atoms with Crippen LogP contribution in [0.4, 0.5) is 0 Å². The summed E-state index contributed by atoms with van der Waals surface area (Å²) < 4.78 is 11.0. The van der Waals surface area contributed by atoms with Crippen LogP contribution in [0.1, 0.15) is 43.7 Å². The van der Waals surface area contributed by atoms with Crippen LogP contribution in [-0.4, -0.2) is 11.2 Å². The van der Waals surface area contributed by atoms with Gasteiger partial charge >= 0.3 is 0 Å². The lowest BCUT2D eigenvalue weighted by Gasteiger charge is -2.28. The maximum Gasteiger partial charge on any atom is 0.134 e. The van der Waals surface area contributed by atoms with Crippen LogP contribution < -0.4 is 0 Å². The lowest BCUT2D eigenvalue weighted by Crippen LogP contribution is -2.21. The first kappa shape index (κ1) is 15.0. The van der Waals surface area contributed by atoms with Gasteiger partial charge in [-0.05, 0) is 60.4 Å². The molecule has 2 heterocycles. The zero-order chi connectivity index (χ0) is 15.3. The minimum Gasteiger partial charge on any atom is -0.358 e. The molecule has 1 aromatic carbocycles. The van der Waals surface area contributed by atoms with Crippen molar-refractivity contribution in [3.8, 4) is 0 Å². The minimum atomic E-state index is 0.193. The molecule has 1 saturated heterocycles. The normalized spacial score (nSPS) is 25.1. The molecule has 0 N–H and O–H groups in total. The van der Waals surface area contributed by atoms with Gasteiger partial charge in [-0.25, -0.2) is 0 Å². The highest BCUT2D eigenvalue weighted by molar-refractivity contribution is 9.11. The molecule has 0 saturated carbocycles. The summed E-state index contributed by atoms with van der Waals surface area (Å²) in [7, 11) is 0. The van der Waals surface area contributed by atoms with E-state index in [1.54, 1.807) is 0 Å². The van der Waals surface area contributed by atoms with Crippen molar-refractivity contribution in [2.24, 2.45) is 5.92 Å². The van der Waals surface area contributed by atoms with Crippen LogP contribution >= 0.6 is 31.9 Å². The first-order chi connectivity index (χ1) is 10.6. The number of halogens is 2. The number of hydrogen-bond donors (Lipinski definition) is 0. The van der Waals surface area contributed by atoms with Crippen LogP contribution in [0, 0.1) is 5.92 Å². The molecular formula is C18H19Br2NO. The molecule has 4 rings (SSSR count). The lowest BCUT2D eigenvalue weighted by molar-refractivity contribution is -0.0307. The number of fused-ring (bicyclic) bond motifs is 3. The quantitative estimate of drug-likeness (QED) is 0.544. The summed E-state index contributed by atoms with van der Waals surface area (Å²) in [4.78, 5) is 0. The number of benzene rings is 1. The SMILES string of the molecule is CC1Cc2c(c3cc(Br)ccc3n2C2CCCCO2)C=C1Br. The minimum absolute atomic E-state index is 0.193. The summed E-state index contributed by atoms with van der Waals surface area (Å²) >= 11 is 7.36. The van der Waals surface area contributed by atoms with Gasteiger partial charge in [-0.2, -0.15) is 0 Å². The van der Waals surface area contributed by atoms with E-state index in [4.69, 9.17) is 4.74 Å². The molecule has 1 aliphatic heterocycles. The highest BCUT2D eigenvalue weighted by atomic mass is 79.9. The average molecular weight is 425 g/mol. The number of rotatable bonds is 1. The molecule has 116 valence electrons. The molecule has 0 spiro atoms. The van der Waals surface area contributed by atoms with Gasteiger partial charge in [-0.3, -0.25) is 0 Å². The second-order valence-corrected chi connectivity index (χ2v) is 8.18. The molecule has 4 heteroatoms. The van der Waals surface area contributed by atoms with E-state index >= 15 is 0 Å². The van der Waals surface area contributed by atoms with Gasteiger partial charge in [0.15, 0.2) is 0 Å². The molecular weight excluding hydrogens is 406 g/mol. The van der Waals surface area contributed by atoms with Crippen molar-refractivity contribution in [2.75, 3.05) is 6.61 Å². The Kier molecular flexibility index (Phi) is 3.95. The molecule has 0 bridgehead atoms. The molecule has 22 heavy (non-hydrogen) atoms. The van der Waals surface area contributed by atoms with Crippen molar-refractivity contribution in [3.05, 3.63) is 38.4 Å². The topological polar surface area (TPSA) is 14.2 Å². The van der Waals surface area contributed by atoms with Gasteiger partial charge in [0.2, 0.25) is 0 Å². The molecule has 1 aromatic heterocycles. The average Bonchev–Trinajstić information content (AvgIpc) is 2.82. The zero-order valence-electron chi connectivity index (χ0n) is 12.6. The van der Waals surface area contributed by atoms with E-state index in [0.717, 1.165) is 23.9 Å². The lowest BCUT2D eigenvalue weighted by atomic mass is 9.94. The predicted octanol–water partition coefficient (Wildman–Crippen LogP) is 6.03. The molecule has 2 aromatic rings. The Balaban J connectivity index is 1.97. The highest BCUT2D eigenvalue weighted by Gasteiger charge is 2.28. The molecule has 0 radical (unpaired) electrons. The summed E-state index contributed by atoms with van der Waals surface area (Å²) in [6.07, 6.45) is 7.12. The number of ether oxygens (including phenoxy) is 1. The zero-order valence-corrected chi connectivity index (χ0v) is 15.8. The smallest absolute Gasteiger partial charge is 0.134 e. The first-order valence-corrected chi connectivity index (χ1v) is 9.55. The van der Waals surface area contributed by atoms with E-state index < -0.39 is 0 Å². The number of aromatic nitrogens is 1. The van der Waals surface area contributed by atoms with Gasteiger partial charge in [0, 0.05) is 27.7 Å². The van der Waals surface area contributed by atoms with E-state index in [1.807, 2.05) is 0 Å². The Labute approximate surface area is 147 Å². The Hall–Kier alpha value is -0.580. The fourth-order valence-electron chi connectivity index (χ4n) is 3.66. The third kappa shape index (κ3) is 2.40. The molecule has 2 aliphatic rings. The van der Waals surface area contributed by atoms with Gasteiger partial charge in [0.1, 0.15) is 6.23 Å². The third-order valence-corrected chi connectivity index (χ3v) is 6.31. The molecule has 1 fully saturated rings. The van der Waals surface area contributed by atoms with Gasteiger partial charge in [-0.15, -0.1) is 0 Å². The van der Waals surface area contributed by atoms with E-state index in [-0.39, 0.29) is 6.23 Å².